The summed E-state index contributed by atoms with van der Waals surface area (Å²) in [7, 11) is 1.67. The first kappa shape index (κ1) is 13.1. The van der Waals surface area contributed by atoms with Crippen LogP contribution in [0.15, 0.2) is 24.4 Å². The number of anilines is 2. The van der Waals surface area contributed by atoms with Gasteiger partial charge in [0.1, 0.15) is 11.5 Å². The minimum absolute atomic E-state index is 0.210. The number of carbonyl (C=O) groups excluding carboxylic acids is 1. The van der Waals surface area contributed by atoms with E-state index in [-0.39, 0.29) is 5.91 Å². The second kappa shape index (κ2) is 5.09. The number of nitrogens with two attached hydrogens (primary N) is 1. The van der Waals surface area contributed by atoms with Crippen molar-refractivity contribution in [1.82, 2.24) is 14.8 Å². The van der Waals surface area contributed by atoms with Crippen molar-refractivity contribution in [3.8, 4) is 0 Å². The van der Waals surface area contributed by atoms with Gasteiger partial charge in [0, 0.05) is 19.8 Å². The van der Waals surface area contributed by atoms with Gasteiger partial charge in [-0.2, -0.15) is 5.10 Å². The number of carbonyl (C=O) groups is 1. The third-order valence-corrected chi connectivity index (χ3v) is 2.97. The van der Waals surface area contributed by atoms with Crippen LogP contribution in [-0.2, 0) is 6.54 Å². The standard InChI is InChI=1S/C13H17N5O/c1-4-18-12(11(14)9(2)16-18)13(19)17(3)10-7-5-6-8-15-10/h5-8H,4,14H2,1-3H3. The fourth-order valence-corrected chi connectivity index (χ4v) is 1.86. The quantitative estimate of drug-likeness (QED) is 0.905. The van der Waals surface area contributed by atoms with E-state index in [4.69, 9.17) is 5.73 Å². The number of aromatic nitrogens is 3. The van der Waals surface area contributed by atoms with E-state index in [1.807, 2.05) is 13.0 Å². The maximum Gasteiger partial charge on any atom is 0.279 e. The van der Waals surface area contributed by atoms with Gasteiger partial charge in [-0.1, -0.05) is 6.07 Å². The average molecular weight is 259 g/mol. The number of aryl methyl sites for hydroxylation is 2. The lowest BCUT2D eigenvalue weighted by atomic mass is 10.2. The molecule has 0 aliphatic carbocycles. The summed E-state index contributed by atoms with van der Waals surface area (Å²) in [6.45, 7) is 4.30. The van der Waals surface area contributed by atoms with Crippen LogP contribution in [0.5, 0.6) is 0 Å². The normalized spacial score (nSPS) is 10.5. The van der Waals surface area contributed by atoms with Crippen molar-refractivity contribution in [2.75, 3.05) is 17.7 Å². The van der Waals surface area contributed by atoms with Crippen molar-refractivity contribution < 1.29 is 4.79 Å². The maximum absolute atomic E-state index is 12.5. The van der Waals surface area contributed by atoms with E-state index < -0.39 is 0 Å². The Balaban J connectivity index is 2.40. The molecule has 0 spiro atoms. The van der Waals surface area contributed by atoms with Crippen molar-refractivity contribution >= 4 is 17.4 Å². The fraction of sp³-hybridized carbons (Fsp3) is 0.308. The van der Waals surface area contributed by atoms with E-state index in [2.05, 4.69) is 10.1 Å². The molecule has 2 aromatic rings. The summed E-state index contributed by atoms with van der Waals surface area (Å²) in [5.41, 5.74) is 7.45. The zero-order chi connectivity index (χ0) is 14.0. The molecule has 0 saturated heterocycles. The number of hydrogen-bond acceptors (Lipinski definition) is 4. The van der Waals surface area contributed by atoms with Crippen LogP contribution in [0, 0.1) is 6.92 Å². The number of nitrogens with zero attached hydrogens (tertiary/aromatic N) is 4. The first-order chi connectivity index (χ1) is 9.06. The van der Waals surface area contributed by atoms with Crippen LogP contribution in [0.2, 0.25) is 0 Å². The molecule has 0 bridgehead atoms. The van der Waals surface area contributed by atoms with Gasteiger partial charge in [-0.05, 0) is 26.0 Å². The molecular formula is C13H17N5O. The molecule has 19 heavy (non-hydrogen) atoms. The summed E-state index contributed by atoms with van der Waals surface area (Å²) in [6.07, 6.45) is 1.64. The van der Waals surface area contributed by atoms with E-state index in [1.54, 1.807) is 37.0 Å². The number of pyridine rings is 1. The highest BCUT2D eigenvalue weighted by molar-refractivity contribution is 6.07. The SMILES string of the molecule is CCn1nc(C)c(N)c1C(=O)N(C)c1ccccn1. The molecule has 0 aromatic carbocycles. The van der Waals surface area contributed by atoms with Crippen molar-refractivity contribution in [2.24, 2.45) is 0 Å². The molecule has 0 radical (unpaired) electrons. The molecule has 1 amide bonds. The van der Waals surface area contributed by atoms with Crippen molar-refractivity contribution in [3.05, 3.63) is 35.8 Å². The summed E-state index contributed by atoms with van der Waals surface area (Å²) < 4.78 is 1.62. The number of hydrogen-bond donors (Lipinski definition) is 1. The topological polar surface area (TPSA) is 77.0 Å². The lowest BCUT2D eigenvalue weighted by Gasteiger charge is -2.16. The van der Waals surface area contributed by atoms with Crippen LogP contribution in [0.25, 0.3) is 0 Å². The molecule has 100 valence electrons. The highest BCUT2D eigenvalue weighted by Crippen LogP contribution is 2.20. The lowest BCUT2D eigenvalue weighted by molar-refractivity contribution is 0.0983. The molecule has 0 atom stereocenters. The molecule has 0 aliphatic heterocycles. The first-order valence-corrected chi connectivity index (χ1v) is 6.08. The highest BCUT2D eigenvalue weighted by Gasteiger charge is 2.23. The smallest absolute Gasteiger partial charge is 0.279 e. The van der Waals surface area contributed by atoms with Crippen LogP contribution < -0.4 is 10.6 Å². The Kier molecular flexibility index (Phi) is 3.50. The molecule has 0 aliphatic rings. The van der Waals surface area contributed by atoms with E-state index >= 15 is 0 Å². The van der Waals surface area contributed by atoms with Gasteiger partial charge in [0.2, 0.25) is 0 Å². The second-order valence-corrected chi connectivity index (χ2v) is 4.22. The van der Waals surface area contributed by atoms with Gasteiger partial charge in [-0.25, -0.2) is 4.98 Å². The van der Waals surface area contributed by atoms with Gasteiger partial charge in [-0.3, -0.25) is 14.4 Å². The zero-order valence-electron chi connectivity index (χ0n) is 11.3. The van der Waals surface area contributed by atoms with Gasteiger partial charge in [0.05, 0.1) is 11.4 Å². The molecule has 2 heterocycles. The van der Waals surface area contributed by atoms with Gasteiger partial charge in [-0.15, -0.1) is 0 Å². The predicted octanol–water partition coefficient (Wildman–Crippen LogP) is 1.47. The van der Waals surface area contributed by atoms with E-state index in [0.717, 1.165) is 0 Å². The first-order valence-electron chi connectivity index (χ1n) is 6.08. The molecule has 2 N–H and O–H groups in total. The van der Waals surface area contributed by atoms with Gasteiger partial charge < -0.3 is 5.73 Å². The lowest BCUT2D eigenvalue weighted by Crippen LogP contribution is -2.30. The van der Waals surface area contributed by atoms with E-state index in [1.165, 1.54) is 4.90 Å². The zero-order valence-corrected chi connectivity index (χ0v) is 11.3. The monoisotopic (exact) mass is 259 g/mol. The Hall–Kier alpha value is -2.37. The molecule has 0 unspecified atom stereocenters. The molecule has 6 nitrogen and oxygen atoms in total. The summed E-state index contributed by atoms with van der Waals surface area (Å²) >= 11 is 0. The molecule has 2 aromatic heterocycles. The predicted molar refractivity (Wildman–Crippen MR) is 74.0 cm³/mol. The summed E-state index contributed by atoms with van der Waals surface area (Å²) in [5.74, 6) is 0.368. The van der Waals surface area contributed by atoms with E-state index in [9.17, 15) is 4.79 Å². The Bertz CT molecular complexity index is 591. The van der Waals surface area contributed by atoms with E-state index in [0.29, 0.717) is 29.4 Å². The largest absolute Gasteiger partial charge is 0.395 e. The van der Waals surface area contributed by atoms with Gasteiger partial charge >= 0.3 is 0 Å². The number of nitrogen functional groups attached to an aromatic ring is 1. The summed E-state index contributed by atoms with van der Waals surface area (Å²) in [5, 5.41) is 4.25. The van der Waals surface area contributed by atoms with Crippen molar-refractivity contribution in [3.63, 3.8) is 0 Å². The minimum atomic E-state index is -0.210. The van der Waals surface area contributed by atoms with Crippen LogP contribution in [-0.4, -0.2) is 27.7 Å². The Morgan fingerprint density at radius 2 is 2.21 bits per heavy atom. The number of amides is 1. The Labute approximate surface area is 111 Å². The third-order valence-electron chi connectivity index (χ3n) is 2.97. The molecule has 0 saturated carbocycles. The Morgan fingerprint density at radius 3 is 2.79 bits per heavy atom. The summed E-state index contributed by atoms with van der Waals surface area (Å²) in [6, 6.07) is 5.40. The third kappa shape index (κ3) is 2.29. The Morgan fingerprint density at radius 1 is 1.47 bits per heavy atom. The van der Waals surface area contributed by atoms with Gasteiger partial charge in [0.25, 0.3) is 5.91 Å². The highest BCUT2D eigenvalue weighted by atomic mass is 16.2. The minimum Gasteiger partial charge on any atom is -0.395 e. The van der Waals surface area contributed by atoms with Gasteiger partial charge in [0.15, 0.2) is 0 Å². The van der Waals surface area contributed by atoms with Crippen molar-refractivity contribution in [2.45, 2.75) is 20.4 Å². The molecule has 6 heteroatoms. The molecule has 2 rings (SSSR count). The maximum atomic E-state index is 12.5. The summed E-state index contributed by atoms with van der Waals surface area (Å²) in [4.78, 5) is 18.1. The number of rotatable bonds is 3. The van der Waals surface area contributed by atoms with Crippen LogP contribution in [0.4, 0.5) is 11.5 Å². The van der Waals surface area contributed by atoms with Crippen molar-refractivity contribution in [1.29, 1.82) is 0 Å². The van der Waals surface area contributed by atoms with Crippen LogP contribution in [0.3, 0.4) is 0 Å². The average Bonchev–Trinajstić information content (AvgIpc) is 2.73. The second-order valence-electron chi connectivity index (χ2n) is 4.22. The van der Waals surface area contributed by atoms with Crippen LogP contribution in [0.1, 0.15) is 23.1 Å². The molecular weight excluding hydrogens is 242 g/mol. The fourth-order valence-electron chi connectivity index (χ4n) is 1.86. The van der Waals surface area contributed by atoms with Crippen LogP contribution >= 0.6 is 0 Å². The molecule has 0 fully saturated rings.